The number of ether oxygens (including phenoxy) is 1. The molecule has 0 radical (unpaired) electrons. The normalized spacial score (nSPS) is 14.4. The average molecular weight is 253 g/mol. The maximum absolute atomic E-state index is 8.96. The van der Waals surface area contributed by atoms with Crippen LogP contribution in [0, 0.1) is 0 Å². The van der Waals surface area contributed by atoms with E-state index in [0.29, 0.717) is 11.6 Å². The summed E-state index contributed by atoms with van der Waals surface area (Å²) in [6.07, 6.45) is 2.24. The highest BCUT2D eigenvalue weighted by Gasteiger charge is 2.12. The van der Waals surface area contributed by atoms with Gasteiger partial charge in [0.1, 0.15) is 0 Å². The number of hydrogen-bond acceptors (Lipinski definition) is 5. The van der Waals surface area contributed by atoms with Crippen LogP contribution in [-0.2, 0) is 4.74 Å². The van der Waals surface area contributed by atoms with E-state index in [2.05, 4.69) is 29.6 Å². The van der Waals surface area contributed by atoms with E-state index >= 15 is 0 Å². The summed E-state index contributed by atoms with van der Waals surface area (Å²) in [5.41, 5.74) is 3.98. The summed E-state index contributed by atoms with van der Waals surface area (Å²) in [5, 5.41) is 12.3. The Bertz CT molecular complexity index is 343. The van der Waals surface area contributed by atoms with Crippen molar-refractivity contribution in [1.29, 1.82) is 0 Å². The Morgan fingerprint density at radius 3 is 2.89 bits per heavy atom. The third-order valence-corrected chi connectivity index (χ3v) is 3.00. The number of nitrogens with zero attached hydrogens (tertiary/aromatic N) is 1. The van der Waals surface area contributed by atoms with Crippen LogP contribution in [-0.4, -0.2) is 30.4 Å². The molecule has 0 aliphatic rings. The zero-order valence-electron chi connectivity index (χ0n) is 11.3. The third-order valence-electron chi connectivity index (χ3n) is 3.00. The van der Waals surface area contributed by atoms with Gasteiger partial charge in [-0.3, -0.25) is 4.98 Å². The molecule has 0 aliphatic carbocycles. The van der Waals surface area contributed by atoms with Gasteiger partial charge in [0.2, 0.25) is 0 Å². The highest BCUT2D eigenvalue weighted by Crippen LogP contribution is 2.21. The molecule has 2 unspecified atom stereocenters. The SMILES string of the molecule is CCNCCC(C)c1ccnc(C(NO)OC)c1. The first-order valence-corrected chi connectivity index (χ1v) is 6.31. The van der Waals surface area contributed by atoms with Crippen molar-refractivity contribution in [3.63, 3.8) is 0 Å². The van der Waals surface area contributed by atoms with E-state index in [-0.39, 0.29) is 0 Å². The molecule has 1 heterocycles. The number of rotatable bonds is 8. The fourth-order valence-electron chi connectivity index (χ4n) is 1.82. The second-order valence-electron chi connectivity index (χ2n) is 4.30. The van der Waals surface area contributed by atoms with E-state index in [0.717, 1.165) is 19.5 Å². The fraction of sp³-hybridized carbons (Fsp3) is 0.615. The van der Waals surface area contributed by atoms with Gasteiger partial charge in [0, 0.05) is 13.3 Å². The largest absolute Gasteiger partial charge is 0.359 e. The third kappa shape index (κ3) is 4.34. The van der Waals surface area contributed by atoms with Gasteiger partial charge in [-0.15, -0.1) is 0 Å². The fourth-order valence-corrected chi connectivity index (χ4v) is 1.82. The van der Waals surface area contributed by atoms with Crippen LogP contribution in [0.15, 0.2) is 18.3 Å². The van der Waals surface area contributed by atoms with Crippen molar-refractivity contribution in [2.45, 2.75) is 32.4 Å². The standard InChI is InChI=1S/C13H23N3O2/c1-4-14-7-5-10(2)11-6-8-15-12(9-11)13(16-17)18-3/h6,8-10,13-14,16-17H,4-5,7H2,1-3H3. The molecule has 0 fully saturated rings. The molecule has 0 bridgehead atoms. The minimum absolute atomic E-state index is 0.446. The first-order valence-electron chi connectivity index (χ1n) is 6.31. The minimum atomic E-state index is -0.578. The number of hydroxylamine groups is 1. The van der Waals surface area contributed by atoms with Gasteiger partial charge < -0.3 is 15.3 Å². The number of pyridine rings is 1. The molecule has 18 heavy (non-hydrogen) atoms. The van der Waals surface area contributed by atoms with E-state index in [4.69, 9.17) is 9.94 Å². The van der Waals surface area contributed by atoms with Crippen molar-refractivity contribution in [2.24, 2.45) is 0 Å². The van der Waals surface area contributed by atoms with Crippen LogP contribution in [0.1, 0.15) is 43.7 Å². The van der Waals surface area contributed by atoms with Gasteiger partial charge in [0.15, 0.2) is 6.23 Å². The van der Waals surface area contributed by atoms with Crippen LogP contribution < -0.4 is 10.8 Å². The molecular formula is C13H23N3O2. The molecule has 0 saturated heterocycles. The topological polar surface area (TPSA) is 66.4 Å². The molecule has 0 aromatic carbocycles. The Labute approximate surface area is 109 Å². The molecule has 1 aromatic heterocycles. The lowest BCUT2D eigenvalue weighted by atomic mass is 9.98. The Morgan fingerprint density at radius 1 is 1.50 bits per heavy atom. The Morgan fingerprint density at radius 2 is 2.28 bits per heavy atom. The van der Waals surface area contributed by atoms with Gasteiger partial charge in [-0.25, -0.2) is 0 Å². The summed E-state index contributed by atoms with van der Waals surface area (Å²) in [6.45, 7) is 6.28. The molecule has 1 aromatic rings. The Kier molecular flexibility index (Phi) is 6.82. The maximum Gasteiger partial charge on any atom is 0.172 e. The summed E-state index contributed by atoms with van der Waals surface area (Å²) < 4.78 is 5.08. The predicted molar refractivity (Wildman–Crippen MR) is 70.5 cm³/mol. The van der Waals surface area contributed by atoms with E-state index < -0.39 is 6.23 Å². The quantitative estimate of drug-likeness (QED) is 0.374. The molecule has 2 atom stereocenters. The molecule has 5 heteroatoms. The number of hydrogen-bond donors (Lipinski definition) is 3. The summed E-state index contributed by atoms with van der Waals surface area (Å²) in [6, 6.07) is 3.97. The second kappa shape index (κ2) is 8.16. The van der Waals surface area contributed by atoms with E-state index in [1.165, 1.54) is 12.7 Å². The lowest BCUT2D eigenvalue weighted by molar-refractivity contribution is -0.0321. The zero-order chi connectivity index (χ0) is 13.4. The first kappa shape index (κ1) is 15.0. The smallest absolute Gasteiger partial charge is 0.172 e. The van der Waals surface area contributed by atoms with Gasteiger partial charge in [-0.05, 0) is 43.1 Å². The lowest BCUT2D eigenvalue weighted by Crippen LogP contribution is -2.20. The average Bonchev–Trinajstić information content (AvgIpc) is 2.41. The second-order valence-corrected chi connectivity index (χ2v) is 4.30. The molecule has 1 rings (SSSR count). The van der Waals surface area contributed by atoms with Gasteiger partial charge in [0.05, 0.1) is 5.69 Å². The van der Waals surface area contributed by atoms with Gasteiger partial charge in [-0.1, -0.05) is 13.8 Å². The highest BCUT2D eigenvalue weighted by atomic mass is 16.6. The maximum atomic E-state index is 8.96. The number of nitrogens with one attached hydrogen (secondary N) is 2. The van der Waals surface area contributed by atoms with Crippen LogP contribution in [0.4, 0.5) is 0 Å². The summed E-state index contributed by atoms with van der Waals surface area (Å²) >= 11 is 0. The van der Waals surface area contributed by atoms with Gasteiger partial charge >= 0.3 is 0 Å². The lowest BCUT2D eigenvalue weighted by Gasteiger charge is -2.16. The summed E-state index contributed by atoms with van der Waals surface area (Å²) in [5.74, 6) is 0.446. The number of aromatic nitrogens is 1. The van der Waals surface area contributed by atoms with Crippen molar-refractivity contribution in [3.05, 3.63) is 29.6 Å². The summed E-state index contributed by atoms with van der Waals surface area (Å²) in [4.78, 5) is 4.20. The van der Waals surface area contributed by atoms with E-state index in [1.807, 2.05) is 12.1 Å². The molecule has 102 valence electrons. The molecular weight excluding hydrogens is 230 g/mol. The van der Waals surface area contributed by atoms with E-state index in [1.54, 1.807) is 6.20 Å². The van der Waals surface area contributed by atoms with Crippen LogP contribution in [0.5, 0.6) is 0 Å². The van der Waals surface area contributed by atoms with E-state index in [9.17, 15) is 0 Å². The highest BCUT2D eigenvalue weighted by molar-refractivity contribution is 5.21. The molecule has 0 amide bonds. The van der Waals surface area contributed by atoms with Gasteiger partial charge in [-0.2, -0.15) is 5.48 Å². The van der Waals surface area contributed by atoms with Crippen molar-refractivity contribution >= 4 is 0 Å². The van der Waals surface area contributed by atoms with Crippen LogP contribution in [0.2, 0.25) is 0 Å². The van der Waals surface area contributed by atoms with Crippen molar-refractivity contribution < 1.29 is 9.94 Å². The Balaban J connectivity index is 2.68. The van der Waals surface area contributed by atoms with Crippen molar-refractivity contribution in [1.82, 2.24) is 15.8 Å². The molecule has 0 spiro atoms. The van der Waals surface area contributed by atoms with Crippen molar-refractivity contribution in [3.8, 4) is 0 Å². The molecule has 0 aliphatic heterocycles. The summed E-state index contributed by atoms with van der Waals surface area (Å²) in [7, 11) is 1.52. The predicted octanol–water partition coefficient (Wildman–Crippen LogP) is 1.81. The zero-order valence-corrected chi connectivity index (χ0v) is 11.3. The van der Waals surface area contributed by atoms with Crippen LogP contribution in [0.3, 0.4) is 0 Å². The van der Waals surface area contributed by atoms with Crippen LogP contribution in [0.25, 0.3) is 0 Å². The Hall–Kier alpha value is -1.01. The first-order chi connectivity index (χ1) is 8.72. The van der Waals surface area contributed by atoms with Crippen LogP contribution >= 0.6 is 0 Å². The molecule has 3 N–H and O–H groups in total. The van der Waals surface area contributed by atoms with Crippen molar-refractivity contribution in [2.75, 3.05) is 20.2 Å². The molecule has 0 saturated carbocycles. The number of methoxy groups -OCH3 is 1. The van der Waals surface area contributed by atoms with Gasteiger partial charge in [0.25, 0.3) is 0 Å². The minimum Gasteiger partial charge on any atom is -0.359 e. The molecule has 5 nitrogen and oxygen atoms in total. The monoisotopic (exact) mass is 253 g/mol.